The lowest BCUT2D eigenvalue weighted by Crippen LogP contribution is -2.39. The van der Waals surface area contributed by atoms with Gasteiger partial charge in [0.25, 0.3) is 5.91 Å². The Kier molecular flexibility index (Phi) is 8.51. The number of carbonyl (C=O) groups is 2. The van der Waals surface area contributed by atoms with Crippen LogP contribution in [0.2, 0.25) is 0 Å². The Labute approximate surface area is 179 Å². The van der Waals surface area contributed by atoms with E-state index >= 15 is 0 Å². The summed E-state index contributed by atoms with van der Waals surface area (Å²) < 4.78 is 16.7. The predicted molar refractivity (Wildman–Crippen MR) is 114 cm³/mol. The van der Waals surface area contributed by atoms with Gasteiger partial charge in [-0.2, -0.15) is 0 Å². The van der Waals surface area contributed by atoms with Gasteiger partial charge in [0.05, 0.1) is 23.8 Å². The van der Waals surface area contributed by atoms with E-state index in [0.717, 1.165) is 5.56 Å². The number of carbonyl (C=O) groups excluding carboxylic acids is 2. The quantitative estimate of drug-likeness (QED) is 0.513. The molecule has 2 rings (SSSR count). The topological polar surface area (TPSA) is 65.1 Å². The second kappa shape index (κ2) is 10.9. The normalized spacial score (nSPS) is 10.6. The molecule has 156 valence electrons. The van der Waals surface area contributed by atoms with E-state index in [1.54, 1.807) is 17.0 Å². The highest BCUT2D eigenvalue weighted by atomic mass is 79.9. The van der Waals surface area contributed by atoms with Gasteiger partial charge in [-0.1, -0.05) is 30.3 Å². The molecule has 2 aromatic carbocycles. The first-order valence-corrected chi connectivity index (χ1v) is 10.2. The highest BCUT2D eigenvalue weighted by Crippen LogP contribution is 2.36. The number of benzene rings is 2. The summed E-state index contributed by atoms with van der Waals surface area (Å²) in [6.07, 6.45) is 0. The average Bonchev–Trinajstić information content (AvgIpc) is 2.70. The van der Waals surface area contributed by atoms with Crippen molar-refractivity contribution in [2.45, 2.75) is 33.4 Å². The van der Waals surface area contributed by atoms with Crippen molar-refractivity contribution in [1.82, 2.24) is 4.90 Å². The second-order valence-electron chi connectivity index (χ2n) is 6.60. The van der Waals surface area contributed by atoms with Crippen molar-refractivity contribution in [3.8, 4) is 11.5 Å². The van der Waals surface area contributed by atoms with Crippen LogP contribution < -0.4 is 9.47 Å². The van der Waals surface area contributed by atoms with Crippen molar-refractivity contribution >= 4 is 27.8 Å². The van der Waals surface area contributed by atoms with Crippen LogP contribution in [0.25, 0.3) is 0 Å². The summed E-state index contributed by atoms with van der Waals surface area (Å²) in [6, 6.07) is 12.8. The molecule has 0 N–H and O–H groups in total. The first-order valence-electron chi connectivity index (χ1n) is 9.38. The fraction of sp³-hybridized carbons (Fsp3) is 0.364. The van der Waals surface area contributed by atoms with Crippen LogP contribution in [-0.4, -0.2) is 43.1 Å². The lowest BCUT2D eigenvalue weighted by molar-refractivity contribution is -0.136. The number of ether oxygens (including phenoxy) is 3. The van der Waals surface area contributed by atoms with Crippen molar-refractivity contribution in [3.63, 3.8) is 0 Å². The summed E-state index contributed by atoms with van der Waals surface area (Å²) in [5, 5.41) is 0. The third-order valence-electron chi connectivity index (χ3n) is 4.22. The average molecular weight is 464 g/mol. The van der Waals surface area contributed by atoms with E-state index in [1.165, 1.54) is 7.11 Å². The van der Waals surface area contributed by atoms with Crippen molar-refractivity contribution < 1.29 is 23.8 Å². The van der Waals surface area contributed by atoms with E-state index in [2.05, 4.69) is 15.9 Å². The molecule has 0 saturated carbocycles. The first-order chi connectivity index (χ1) is 13.9. The van der Waals surface area contributed by atoms with Crippen LogP contribution >= 0.6 is 15.9 Å². The summed E-state index contributed by atoms with van der Waals surface area (Å²) in [6.45, 7) is 6.23. The molecule has 0 aliphatic heterocycles. The van der Waals surface area contributed by atoms with Gasteiger partial charge in [0.15, 0.2) is 18.1 Å². The highest BCUT2D eigenvalue weighted by Gasteiger charge is 2.21. The number of methoxy groups -OCH3 is 1. The highest BCUT2D eigenvalue weighted by molar-refractivity contribution is 9.10. The number of nitrogens with zero attached hydrogens (tertiary/aromatic N) is 1. The molecule has 0 atom stereocenters. The molecule has 0 aliphatic carbocycles. The maximum atomic E-state index is 12.7. The Bertz CT molecular complexity index is 839. The fourth-order valence-corrected chi connectivity index (χ4v) is 3.38. The zero-order valence-corrected chi connectivity index (χ0v) is 18.7. The van der Waals surface area contributed by atoms with Gasteiger partial charge in [-0.05, 0) is 54.4 Å². The Hall–Kier alpha value is -2.54. The van der Waals surface area contributed by atoms with Gasteiger partial charge in [0, 0.05) is 12.6 Å². The molecule has 0 bridgehead atoms. The predicted octanol–water partition coefficient (Wildman–Crippen LogP) is 4.45. The molecule has 29 heavy (non-hydrogen) atoms. The van der Waals surface area contributed by atoms with Crippen LogP contribution in [0.4, 0.5) is 0 Å². The van der Waals surface area contributed by atoms with Crippen LogP contribution in [0, 0.1) is 0 Å². The molecule has 0 aromatic heterocycles. The molecule has 0 aliphatic rings. The van der Waals surface area contributed by atoms with Crippen LogP contribution in [0.5, 0.6) is 11.5 Å². The minimum absolute atomic E-state index is 0.0268. The summed E-state index contributed by atoms with van der Waals surface area (Å²) in [5.41, 5.74) is 1.29. The van der Waals surface area contributed by atoms with Gasteiger partial charge < -0.3 is 19.1 Å². The smallest absolute Gasteiger partial charge is 0.338 e. The van der Waals surface area contributed by atoms with E-state index in [-0.39, 0.29) is 24.1 Å². The Morgan fingerprint density at radius 3 is 2.41 bits per heavy atom. The van der Waals surface area contributed by atoms with E-state index < -0.39 is 5.97 Å². The number of halogens is 1. The number of hydrogen-bond acceptors (Lipinski definition) is 5. The molecule has 0 fully saturated rings. The molecule has 0 unspecified atom stereocenters. The lowest BCUT2D eigenvalue weighted by atomic mass is 10.2. The monoisotopic (exact) mass is 463 g/mol. The van der Waals surface area contributed by atoms with Crippen LogP contribution in [0.1, 0.15) is 36.7 Å². The van der Waals surface area contributed by atoms with Crippen molar-refractivity contribution in [1.29, 1.82) is 0 Å². The largest absolute Gasteiger partial charge is 0.492 e. The fourth-order valence-electron chi connectivity index (χ4n) is 2.78. The van der Waals surface area contributed by atoms with Crippen molar-refractivity contribution in [3.05, 3.63) is 58.1 Å². The SMILES string of the molecule is CCOc1cc(C(=O)OCC(=O)N(Cc2ccccc2)C(C)C)cc(Br)c1OC. The molecule has 1 amide bonds. The third-order valence-corrected chi connectivity index (χ3v) is 4.80. The van der Waals surface area contributed by atoms with E-state index in [0.29, 0.717) is 29.1 Å². The molecular weight excluding hydrogens is 438 g/mol. The Morgan fingerprint density at radius 1 is 1.14 bits per heavy atom. The molecule has 0 heterocycles. The zero-order valence-electron chi connectivity index (χ0n) is 17.1. The van der Waals surface area contributed by atoms with Crippen LogP contribution in [0.3, 0.4) is 0 Å². The molecule has 0 spiro atoms. The number of rotatable bonds is 9. The van der Waals surface area contributed by atoms with Gasteiger partial charge in [-0.15, -0.1) is 0 Å². The lowest BCUT2D eigenvalue weighted by Gasteiger charge is -2.26. The van der Waals surface area contributed by atoms with Gasteiger partial charge in [-0.25, -0.2) is 4.79 Å². The van der Waals surface area contributed by atoms with Gasteiger partial charge >= 0.3 is 5.97 Å². The maximum Gasteiger partial charge on any atom is 0.338 e. The standard InChI is InChI=1S/C22H26BrNO5/c1-5-28-19-12-17(11-18(23)21(19)27-4)22(26)29-14-20(25)24(15(2)3)13-16-9-7-6-8-10-16/h6-12,15H,5,13-14H2,1-4H3. The molecule has 7 heteroatoms. The van der Waals surface area contributed by atoms with E-state index in [9.17, 15) is 9.59 Å². The summed E-state index contributed by atoms with van der Waals surface area (Å²) in [5.74, 6) is 0.0599. The zero-order chi connectivity index (χ0) is 21.4. The molecule has 2 aromatic rings. The molecular formula is C22H26BrNO5. The van der Waals surface area contributed by atoms with Crippen LogP contribution in [-0.2, 0) is 16.1 Å². The van der Waals surface area contributed by atoms with Gasteiger partial charge in [-0.3, -0.25) is 4.79 Å². The second-order valence-corrected chi connectivity index (χ2v) is 7.45. The summed E-state index contributed by atoms with van der Waals surface area (Å²) in [7, 11) is 1.52. The molecule has 6 nitrogen and oxygen atoms in total. The van der Waals surface area contributed by atoms with E-state index in [4.69, 9.17) is 14.2 Å². The Balaban J connectivity index is 2.07. The minimum Gasteiger partial charge on any atom is -0.492 e. The number of amides is 1. The first kappa shape index (κ1) is 22.7. The van der Waals surface area contributed by atoms with Crippen LogP contribution in [0.15, 0.2) is 46.9 Å². The Morgan fingerprint density at radius 2 is 1.83 bits per heavy atom. The summed E-state index contributed by atoms with van der Waals surface area (Å²) >= 11 is 3.37. The molecule has 0 radical (unpaired) electrons. The van der Waals surface area contributed by atoms with Crippen molar-refractivity contribution in [2.24, 2.45) is 0 Å². The maximum absolute atomic E-state index is 12.7. The third kappa shape index (κ3) is 6.22. The number of hydrogen-bond donors (Lipinski definition) is 0. The van der Waals surface area contributed by atoms with Gasteiger partial charge in [0.2, 0.25) is 0 Å². The van der Waals surface area contributed by atoms with Gasteiger partial charge in [0.1, 0.15) is 0 Å². The molecule has 0 saturated heterocycles. The number of esters is 1. The minimum atomic E-state index is -0.605. The van der Waals surface area contributed by atoms with E-state index in [1.807, 2.05) is 51.1 Å². The van der Waals surface area contributed by atoms with Crippen molar-refractivity contribution in [2.75, 3.05) is 20.3 Å². The summed E-state index contributed by atoms with van der Waals surface area (Å²) in [4.78, 5) is 26.8.